The van der Waals surface area contributed by atoms with E-state index in [0.717, 1.165) is 0 Å². The highest BCUT2D eigenvalue weighted by Gasteiger charge is 2.24. The number of amidine groups is 1. The summed E-state index contributed by atoms with van der Waals surface area (Å²) in [5, 5.41) is 9.31. The monoisotopic (exact) mass is 309 g/mol. The summed E-state index contributed by atoms with van der Waals surface area (Å²) < 4.78 is 4.76. The fourth-order valence-corrected chi connectivity index (χ4v) is 3.43. The summed E-state index contributed by atoms with van der Waals surface area (Å²) >= 11 is 0. The van der Waals surface area contributed by atoms with Crippen molar-refractivity contribution in [2.45, 2.75) is 39.3 Å². The van der Waals surface area contributed by atoms with Crippen molar-refractivity contribution in [3.63, 3.8) is 0 Å². The van der Waals surface area contributed by atoms with Crippen molar-refractivity contribution in [1.29, 1.82) is 0 Å². The van der Waals surface area contributed by atoms with Crippen molar-refractivity contribution >= 4 is 28.3 Å². The van der Waals surface area contributed by atoms with Crippen molar-refractivity contribution in [2.75, 3.05) is 0 Å². The quantitative estimate of drug-likeness (QED) is 0.509. The zero-order chi connectivity index (χ0) is 15.6. The van der Waals surface area contributed by atoms with Gasteiger partial charge in [-0.2, -0.15) is 0 Å². The van der Waals surface area contributed by atoms with Gasteiger partial charge in [0.05, 0.1) is 5.56 Å². The molecule has 0 radical (unpaired) electrons. The Kier molecular flexibility index (Phi) is 4.87. The van der Waals surface area contributed by atoms with E-state index in [2.05, 4.69) is 49.2 Å². The third-order valence-electron chi connectivity index (χ3n) is 2.20. The van der Waals surface area contributed by atoms with E-state index in [9.17, 15) is 9.90 Å². The van der Waals surface area contributed by atoms with Gasteiger partial charge in [-0.15, -0.1) is 0 Å². The van der Waals surface area contributed by atoms with Crippen LogP contribution in [0.5, 0.6) is 0 Å². The normalized spacial score (nSPS) is 13.2. The van der Waals surface area contributed by atoms with E-state index in [-0.39, 0.29) is 5.56 Å². The maximum Gasteiger partial charge on any atom is 0.338 e. The van der Waals surface area contributed by atoms with Gasteiger partial charge in [0.1, 0.15) is 19.8 Å². The number of aromatic carboxylic acids is 1. The minimum atomic E-state index is -1.75. The molecule has 7 heteroatoms. The van der Waals surface area contributed by atoms with Crippen LogP contribution in [0.15, 0.2) is 23.0 Å². The summed E-state index contributed by atoms with van der Waals surface area (Å²) in [7, 11) is -3.40. The van der Waals surface area contributed by atoms with Crippen LogP contribution in [0.1, 0.15) is 16.1 Å². The number of nitrogens with one attached hydrogen (secondary N) is 1. The zero-order valence-electron chi connectivity index (χ0n) is 13.0. The number of carboxylic acid groups (broad SMARTS) is 1. The Morgan fingerprint density at radius 1 is 1.25 bits per heavy atom. The van der Waals surface area contributed by atoms with Crippen LogP contribution < -0.4 is 4.98 Å². The fourth-order valence-electron chi connectivity index (χ4n) is 1.60. The van der Waals surface area contributed by atoms with Crippen molar-refractivity contribution in [3.05, 3.63) is 29.6 Å². The molecule has 0 amide bonds. The molecule has 0 saturated carbocycles. The lowest BCUT2D eigenvalue weighted by Crippen LogP contribution is -2.47. The van der Waals surface area contributed by atoms with Crippen molar-refractivity contribution in [3.8, 4) is 0 Å². The fraction of sp³-hybridized carbons (Fsp3) is 0.462. The molecule has 0 fully saturated rings. The highest BCUT2D eigenvalue weighted by atomic mass is 28.3. The van der Waals surface area contributed by atoms with Gasteiger partial charge >= 0.3 is 5.97 Å². The predicted molar refractivity (Wildman–Crippen MR) is 87.6 cm³/mol. The lowest BCUT2D eigenvalue weighted by Gasteiger charge is -2.24. The topological polar surface area (TPSA) is 74.6 Å². The van der Waals surface area contributed by atoms with Gasteiger partial charge in [-0.3, -0.25) is 4.98 Å². The van der Waals surface area contributed by atoms with Crippen LogP contribution in [0.3, 0.4) is 0 Å². The van der Waals surface area contributed by atoms with Crippen LogP contribution in [0.2, 0.25) is 39.3 Å². The molecule has 110 valence electrons. The lowest BCUT2D eigenvalue weighted by atomic mass is 10.2. The second-order valence-electron chi connectivity index (χ2n) is 6.71. The first-order valence-corrected chi connectivity index (χ1v) is 13.5. The SMILES string of the molecule is C[Si](C)(C)N=C(N[Si](C)(C)C)c1ncccc1C(=O)O. The van der Waals surface area contributed by atoms with E-state index in [0.29, 0.717) is 11.5 Å². The molecule has 0 aliphatic heterocycles. The van der Waals surface area contributed by atoms with E-state index in [4.69, 9.17) is 4.66 Å². The van der Waals surface area contributed by atoms with E-state index in [1.807, 2.05) is 0 Å². The number of nitrogens with zero attached hydrogens (tertiary/aromatic N) is 2. The van der Waals surface area contributed by atoms with Gasteiger partial charge < -0.3 is 14.7 Å². The molecule has 0 atom stereocenters. The smallest absolute Gasteiger partial charge is 0.338 e. The molecule has 20 heavy (non-hydrogen) atoms. The Morgan fingerprint density at radius 2 is 1.85 bits per heavy atom. The van der Waals surface area contributed by atoms with Crippen molar-refractivity contribution in [2.24, 2.45) is 4.66 Å². The van der Waals surface area contributed by atoms with E-state index in [1.165, 1.54) is 0 Å². The second kappa shape index (κ2) is 5.88. The van der Waals surface area contributed by atoms with E-state index < -0.39 is 22.4 Å². The first-order chi connectivity index (χ1) is 8.99. The molecule has 0 spiro atoms. The van der Waals surface area contributed by atoms with E-state index >= 15 is 0 Å². The highest BCUT2D eigenvalue weighted by molar-refractivity contribution is 6.78. The summed E-state index contributed by atoms with van der Waals surface area (Å²) in [5.41, 5.74) is 0.625. The number of pyridine rings is 1. The first kappa shape index (κ1) is 16.6. The summed E-state index contributed by atoms with van der Waals surface area (Å²) in [4.78, 5) is 19.0. The Bertz CT molecular complexity index is 531. The molecule has 1 aromatic rings. The van der Waals surface area contributed by atoms with Crippen LogP contribution in [0.4, 0.5) is 0 Å². The third-order valence-corrected chi connectivity index (χ3v) is 4.08. The molecule has 1 heterocycles. The van der Waals surface area contributed by atoms with Crippen LogP contribution >= 0.6 is 0 Å². The summed E-state index contributed by atoms with van der Waals surface area (Å²) in [6.45, 7) is 12.8. The van der Waals surface area contributed by atoms with Gasteiger partial charge in [0.25, 0.3) is 0 Å². The maximum absolute atomic E-state index is 11.4. The minimum absolute atomic E-state index is 0.190. The number of aromatic nitrogens is 1. The molecule has 0 aliphatic rings. The van der Waals surface area contributed by atoms with E-state index in [1.54, 1.807) is 18.3 Å². The van der Waals surface area contributed by atoms with Gasteiger partial charge in [-0.1, -0.05) is 19.6 Å². The van der Waals surface area contributed by atoms with Crippen LogP contribution in [0, 0.1) is 0 Å². The Hall–Kier alpha value is -1.48. The standard InChI is InChI=1S/C13H23N3O2Si2/c1-19(2,3)15-12(16-20(4,5)6)11-10(13(17)18)8-7-9-14-11/h7-9H,1-6H3,(H,15,16)(H,17,18). The van der Waals surface area contributed by atoms with Crippen LogP contribution in [-0.4, -0.2) is 38.4 Å². The zero-order valence-corrected chi connectivity index (χ0v) is 15.0. The van der Waals surface area contributed by atoms with Crippen LogP contribution in [-0.2, 0) is 0 Å². The maximum atomic E-state index is 11.4. The Morgan fingerprint density at radius 3 is 2.30 bits per heavy atom. The van der Waals surface area contributed by atoms with Crippen molar-refractivity contribution < 1.29 is 9.90 Å². The van der Waals surface area contributed by atoms with Gasteiger partial charge in [-0.05, 0) is 31.8 Å². The third kappa shape index (κ3) is 5.26. The molecular formula is C13H23N3O2Si2. The molecule has 1 aromatic heterocycles. The molecule has 2 N–H and O–H groups in total. The average Bonchev–Trinajstić information content (AvgIpc) is 2.24. The number of hydrogen-bond acceptors (Lipinski definition) is 3. The largest absolute Gasteiger partial charge is 0.478 e. The van der Waals surface area contributed by atoms with Gasteiger partial charge in [0.2, 0.25) is 0 Å². The molecule has 1 rings (SSSR count). The summed E-state index contributed by atoms with van der Waals surface area (Å²) in [5.74, 6) is -0.352. The van der Waals surface area contributed by atoms with Gasteiger partial charge in [0.15, 0.2) is 8.24 Å². The second-order valence-corrected chi connectivity index (χ2v) is 16.0. The number of hydrogen-bond donors (Lipinski definition) is 2. The van der Waals surface area contributed by atoms with Gasteiger partial charge in [0, 0.05) is 6.20 Å². The van der Waals surface area contributed by atoms with Crippen molar-refractivity contribution in [1.82, 2.24) is 9.97 Å². The molecule has 0 aromatic carbocycles. The molecule has 0 saturated heterocycles. The van der Waals surface area contributed by atoms with Gasteiger partial charge in [-0.25, -0.2) is 4.79 Å². The number of carboxylic acids is 1. The first-order valence-electron chi connectivity index (χ1n) is 6.56. The Balaban J connectivity index is 3.39. The molecule has 0 bridgehead atoms. The summed E-state index contributed by atoms with van der Waals surface area (Å²) in [6.07, 6.45) is 1.60. The predicted octanol–water partition coefficient (Wildman–Crippen LogP) is 2.79. The van der Waals surface area contributed by atoms with Crippen LogP contribution in [0.25, 0.3) is 0 Å². The molecule has 0 unspecified atom stereocenters. The lowest BCUT2D eigenvalue weighted by molar-refractivity contribution is 0.0696. The Labute approximate surface area is 122 Å². The number of carbonyl (C=O) groups is 1. The number of rotatable bonds is 4. The highest BCUT2D eigenvalue weighted by Crippen LogP contribution is 2.12. The molecule has 0 aliphatic carbocycles. The summed E-state index contributed by atoms with van der Waals surface area (Å²) in [6, 6.07) is 3.20. The average molecular weight is 310 g/mol. The molecule has 5 nitrogen and oxygen atoms in total. The minimum Gasteiger partial charge on any atom is -0.478 e. The molecular weight excluding hydrogens is 286 g/mol.